The second-order valence-electron chi connectivity index (χ2n) is 6.98. The Morgan fingerprint density at radius 1 is 0.966 bits per heavy atom. The summed E-state index contributed by atoms with van der Waals surface area (Å²) < 4.78 is 17.6. The van der Waals surface area contributed by atoms with Gasteiger partial charge in [-0.05, 0) is 64.7 Å². The van der Waals surface area contributed by atoms with Gasteiger partial charge in [0.1, 0.15) is 5.75 Å². The SMILES string of the molecule is COc1cc2c(cc1OC)CN(C(=O)COc1ccc3cc(Br)ccc3c1)CC2. The predicted molar refractivity (Wildman–Crippen MR) is 116 cm³/mol. The Labute approximate surface area is 178 Å². The molecular formula is C23H22BrNO4. The van der Waals surface area contributed by atoms with Crippen LogP contribution in [0.3, 0.4) is 0 Å². The van der Waals surface area contributed by atoms with E-state index in [1.807, 2.05) is 47.4 Å². The van der Waals surface area contributed by atoms with E-state index in [0.717, 1.165) is 33.0 Å². The zero-order chi connectivity index (χ0) is 20.4. The van der Waals surface area contributed by atoms with Gasteiger partial charge in [0.2, 0.25) is 0 Å². The van der Waals surface area contributed by atoms with Crippen molar-refractivity contribution < 1.29 is 19.0 Å². The molecule has 1 aliphatic rings. The largest absolute Gasteiger partial charge is 0.493 e. The Kier molecular flexibility index (Phi) is 5.62. The summed E-state index contributed by atoms with van der Waals surface area (Å²) >= 11 is 3.48. The molecule has 0 saturated carbocycles. The molecule has 0 bridgehead atoms. The van der Waals surface area contributed by atoms with Gasteiger partial charge in [0.25, 0.3) is 5.91 Å². The molecule has 5 nitrogen and oxygen atoms in total. The number of amides is 1. The van der Waals surface area contributed by atoms with Crippen LogP contribution in [-0.2, 0) is 17.8 Å². The van der Waals surface area contributed by atoms with Gasteiger partial charge in [0, 0.05) is 17.6 Å². The number of benzene rings is 3. The van der Waals surface area contributed by atoms with Crippen LogP contribution >= 0.6 is 15.9 Å². The number of methoxy groups -OCH3 is 2. The number of halogens is 1. The zero-order valence-corrected chi connectivity index (χ0v) is 18.0. The summed E-state index contributed by atoms with van der Waals surface area (Å²) in [5.74, 6) is 2.07. The number of carbonyl (C=O) groups is 1. The molecule has 3 aromatic carbocycles. The molecule has 0 atom stereocenters. The fraction of sp³-hybridized carbons (Fsp3) is 0.261. The first-order chi connectivity index (χ1) is 14.1. The maximum Gasteiger partial charge on any atom is 0.260 e. The summed E-state index contributed by atoms with van der Waals surface area (Å²) in [6, 6.07) is 15.9. The molecule has 1 aliphatic heterocycles. The molecule has 0 spiro atoms. The van der Waals surface area contributed by atoms with E-state index in [1.165, 1.54) is 5.56 Å². The van der Waals surface area contributed by atoms with Crippen LogP contribution in [0.4, 0.5) is 0 Å². The highest BCUT2D eigenvalue weighted by Crippen LogP contribution is 2.33. The Hall–Kier alpha value is -2.73. The highest BCUT2D eigenvalue weighted by molar-refractivity contribution is 9.10. The number of fused-ring (bicyclic) bond motifs is 2. The summed E-state index contributed by atoms with van der Waals surface area (Å²) in [7, 11) is 3.25. The quantitative estimate of drug-likeness (QED) is 0.564. The van der Waals surface area contributed by atoms with Gasteiger partial charge in [-0.1, -0.05) is 28.1 Å². The topological polar surface area (TPSA) is 48.0 Å². The molecule has 4 rings (SSSR count). The van der Waals surface area contributed by atoms with Crippen molar-refractivity contribution in [2.24, 2.45) is 0 Å². The van der Waals surface area contributed by atoms with E-state index < -0.39 is 0 Å². The first-order valence-corrected chi connectivity index (χ1v) is 10.2. The van der Waals surface area contributed by atoms with E-state index in [-0.39, 0.29) is 12.5 Å². The summed E-state index contributed by atoms with van der Waals surface area (Å²) in [6.45, 7) is 1.23. The van der Waals surface area contributed by atoms with E-state index in [0.29, 0.717) is 24.6 Å². The van der Waals surface area contributed by atoms with E-state index in [2.05, 4.69) is 22.0 Å². The number of rotatable bonds is 5. The zero-order valence-electron chi connectivity index (χ0n) is 16.4. The number of nitrogens with zero attached hydrogens (tertiary/aromatic N) is 1. The van der Waals surface area contributed by atoms with E-state index in [4.69, 9.17) is 14.2 Å². The van der Waals surface area contributed by atoms with Crippen molar-refractivity contribution in [2.75, 3.05) is 27.4 Å². The van der Waals surface area contributed by atoms with Gasteiger partial charge in [-0.2, -0.15) is 0 Å². The van der Waals surface area contributed by atoms with Crippen LogP contribution in [0.5, 0.6) is 17.2 Å². The Balaban J connectivity index is 1.42. The van der Waals surface area contributed by atoms with Gasteiger partial charge >= 0.3 is 0 Å². The molecule has 1 amide bonds. The molecule has 0 radical (unpaired) electrons. The molecule has 1 heterocycles. The van der Waals surface area contributed by atoms with Crippen molar-refractivity contribution in [3.63, 3.8) is 0 Å². The molecule has 0 unspecified atom stereocenters. The number of ether oxygens (including phenoxy) is 3. The average Bonchev–Trinajstić information content (AvgIpc) is 2.75. The maximum absolute atomic E-state index is 12.7. The van der Waals surface area contributed by atoms with Crippen LogP contribution in [0.1, 0.15) is 11.1 Å². The summed E-state index contributed by atoms with van der Waals surface area (Å²) in [6.07, 6.45) is 0.784. The fourth-order valence-corrected chi connectivity index (χ4v) is 4.00. The first-order valence-electron chi connectivity index (χ1n) is 9.41. The highest BCUT2D eigenvalue weighted by Gasteiger charge is 2.23. The third-order valence-corrected chi connectivity index (χ3v) is 5.70. The normalized spacial score (nSPS) is 13.1. The lowest BCUT2D eigenvalue weighted by Crippen LogP contribution is -2.38. The lowest BCUT2D eigenvalue weighted by molar-refractivity contribution is -0.134. The van der Waals surface area contributed by atoms with Crippen LogP contribution in [-0.4, -0.2) is 38.2 Å². The molecule has 0 aliphatic carbocycles. The van der Waals surface area contributed by atoms with Crippen LogP contribution < -0.4 is 14.2 Å². The minimum atomic E-state index is -0.0265. The monoisotopic (exact) mass is 455 g/mol. The van der Waals surface area contributed by atoms with Crippen molar-refractivity contribution in [1.82, 2.24) is 4.90 Å². The van der Waals surface area contributed by atoms with E-state index in [1.54, 1.807) is 14.2 Å². The molecule has 3 aromatic rings. The predicted octanol–water partition coefficient (Wildman–Crippen LogP) is 4.58. The lowest BCUT2D eigenvalue weighted by Gasteiger charge is -2.29. The van der Waals surface area contributed by atoms with Crippen molar-refractivity contribution in [1.29, 1.82) is 0 Å². The van der Waals surface area contributed by atoms with Crippen molar-refractivity contribution in [3.8, 4) is 17.2 Å². The van der Waals surface area contributed by atoms with Crippen molar-refractivity contribution >= 4 is 32.6 Å². The number of carbonyl (C=O) groups excluding carboxylic acids is 1. The summed E-state index contributed by atoms with van der Waals surface area (Å²) in [5, 5.41) is 2.20. The van der Waals surface area contributed by atoms with Crippen LogP contribution in [0, 0.1) is 0 Å². The van der Waals surface area contributed by atoms with Crippen molar-refractivity contribution in [2.45, 2.75) is 13.0 Å². The standard InChI is InChI=1S/C23H22BrNO4/c1-27-21-11-17-7-8-25(13-18(17)12-22(21)28-2)23(26)14-29-20-6-4-15-9-19(24)5-3-16(15)10-20/h3-6,9-12H,7-8,13-14H2,1-2H3. The van der Waals surface area contributed by atoms with Gasteiger partial charge in [0.15, 0.2) is 18.1 Å². The van der Waals surface area contributed by atoms with E-state index in [9.17, 15) is 4.79 Å². The van der Waals surface area contributed by atoms with Crippen LogP contribution in [0.25, 0.3) is 10.8 Å². The van der Waals surface area contributed by atoms with Gasteiger partial charge in [0.05, 0.1) is 14.2 Å². The first kappa shape index (κ1) is 19.6. The summed E-state index contributed by atoms with van der Waals surface area (Å²) in [4.78, 5) is 14.5. The molecule has 0 aromatic heterocycles. The Bertz CT molecular complexity index is 1070. The Morgan fingerprint density at radius 3 is 2.41 bits per heavy atom. The molecule has 29 heavy (non-hydrogen) atoms. The van der Waals surface area contributed by atoms with Crippen LogP contribution in [0.2, 0.25) is 0 Å². The third kappa shape index (κ3) is 4.17. The molecule has 0 fully saturated rings. The second kappa shape index (κ2) is 8.33. The molecule has 0 N–H and O–H groups in total. The molecule has 150 valence electrons. The lowest BCUT2D eigenvalue weighted by atomic mass is 9.99. The fourth-order valence-electron chi connectivity index (χ4n) is 3.62. The Morgan fingerprint density at radius 2 is 1.66 bits per heavy atom. The molecular weight excluding hydrogens is 434 g/mol. The maximum atomic E-state index is 12.7. The van der Waals surface area contributed by atoms with E-state index >= 15 is 0 Å². The van der Waals surface area contributed by atoms with Crippen molar-refractivity contribution in [3.05, 3.63) is 64.1 Å². The smallest absolute Gasteiger partial charge is 0.260 e. The minimum Gasteiger partial charge on any atom is -0.493 e. The van der Waals surface area contributed by atoms with Gasteiger partial charge in [-0.15, -0.1) is 0 Å². The number of hydrogen-bond donors (Lipinski definition) is 0. The molecule has 6 heteroatoms. The highest BCUT2D eigenvalue weighted by atomic mass is 79.9. The second-order valence-corrected chi connectivity index (χ2v) is 7.90. The minimum absolute atomic E-state index is 0.0185. The molecule has 0 saturated heterocycles. The van der Waals surface area contributed by atoms with Crippen LogP contribution in [0.15, 0.2) is 53.0 Å². The number of hydrogen-bond acceptors (Lipinski definition) is 4. The van der Waals surface area contributed by atoms with Gasteiger partial charge in [-0.3, -0.25) is 4.79 Å². The average molecular weight is 456 g/mol. The van der Waals surface area contributed by atoms with Gasteiger partial charge < -0.3 is 19.1 Å². The summed E-state index contributed by atoms with van der Waals surface area (Å²) in [5.41, 5.74) is 2.27. The van der Waals surface area contributed by atoms with Gasteiger partial charge in [-0.25, -0.2) is 0 Å². The third-order valence-electron chi connectivity index (χ3n) is 5.21.